The van der Waals surface area contributed by atoms with Gasteiger partial charge in [-0.3, -0.25) is 0 Å². The highest BCUT2D eigenvalue weighted by molar-refractivity contribution is 7.90. The number of rotatable bonds is 6. The Balaban J connectivity index is 1.53. The van der Waals surface area contributed by atoms with Crippen LogP contribution in [-0.4, -0.2) is 70.7 Å². The molecule has 31 heavy (non-hydrogen) atoms. The molecule has 1 N–H and O–H groups in total. The summed E-state index contributed by atoms with van der Waals surface area (Å²) in [6.07, 6.45) is 6.05. The van der Waals surface area contributed by atoms with Crippen molar-refractivity contribution in [3.63, 3.8) is 0 Å². The fourth-order valence-corrected chi connectivity index (χ4v) is 5.47. The van der Waals surface area contributed by atoms with Crippen molar-refractivity contribution in [2.45, 2.75) is 50.1 Å². The Hall–Kier alpha value is -2.63. The third-order valence-electron chi connectivity index (χ3n) is 5.95. The van der Waals surface area contributed by atoms with Crippen LogP contribution in [0.25, 0.3) is 0 Å². The van der Waals surface area contributed by atoms with E-state index >= 15 is 0 Å². The van der Waals surface area contributed by atoms with Gasteiger partial charge in [-0.15, -0.1) is 4.90 Å². The number of amides is 3. The number of nitrogens with one attached hydrogen (secondary N) is 1. The van der Waals surface area contributed by atoms with Crippen LogP contribution in [0.3, 0.4) is 0 Å². The predicted molar refractivity (Wildman–Crippen MR) is 108 cm³/mol. The molecule has 3 amide bonds. The van der Waals surface area contributed by atoms with Crippen molar-refractivity contribution < 1.29 is 31.8 Å². The summed E-state index contributed by atoms with van der Waals surface area (Å²) in [5.74, 6) is -0.195. The Morgan fingerprint density at radius 1 is 1.32 bits per heavy atom. The minimum Gasteiger partial charge on any atom is -0.372 e. The summed E-state index contributed by atoms with van der Waals surface area (Å²) in [7, 11) is -3.72. The number of sulfonamides is 1. The molecular formula is C20H23N4O6S+. The lowest BCUT2D eigenvalue weighted by Gasteiger charge is -2.32. The number of hydrogen-bond acceptors (Lipinski definition) is 7. The molecule has 0 bridgehead atoms. The molecule has 0 aromatic carbocycles. The highest BCUT2D eigenvalue weighted by Crippen LogP contribution is 2.36. The van der Waals surface area contributed by atoms with Crippen LogP contribution < -0.4 is 4.72 Å². The van der Waals surface area contributed by atoms with E-state index in [9.17, 15) is 18.0 Å². The second kappa shape index (κ2) is 6.94. The molecule has 4 aliphatic rings. The van der Waals surface area contributed by atoms with E-state index < -0.39 is 32.8 Å². The van der Waals surface area contributed by atoms with E-state index in [1.807, 2.05) is 6.92 Å². The maximum Gasteiger partial charge on any atom is 0.502 e. The molecule has 1 unspecified atom stereocenters. The quantitative estimate of drug-likeness (QED) is 0.635. The number of hydrogen-bond donors (Lipinski definition) is 1. The van der Waals surface area contributed by atoms with Gasteiger partial charge in [0.05, 0.1) is 18.9 Å². The number of nitrogens with zero attached hydrogens (tertiary/aromatic N) is 3. The zero-order valence-corrected chi connectivity index (χ0v) is 18.0. The van der Waals surface area contributed by atoms with Crippen LogP contribution in [0.2, 0.25) is 0 Å². The van der Waals surface area contributed by atoms with E-state index in [4.69, 9.17) is 9.26 Å². The molecule has 2 aliphatic heterocycles. The Morgan fingerprint density at radius 3 is 2.65 bits per heavy atom. The van der Waals surface area contributed by atoms with E-state index in [1.165, 1.54) is 16.7 Å². The van der Waals surface area contributed by atoms with E-state index in [1.54, 1.807) is 19.1 Å². The topological polar surface area (TPSA) is 122 Å². The average Bonchev–Trinajstić information content (AvgIpc) is 3.24. The summed E-state index contributed by atoms with van der Waals surface area (Å²) in [6.45, 7) is 4.20. The molecule has 10 nitrogen and oxygen atoms in total. The summed E-state index contributed by atoms with van der Waals surface area (Å²) in [5.41, 5.74) is 0.792. The number of imide groups is 1. The Bertz CT molecular complexity index is 1170. The zero-order chi connectivity index (χ0) is 22.0. The van der Waals surface area contributed by atoms with Crippen LogP contribution in [0, 0.1) is 6.92 Å². The normalized spacial score (nSPS) is 25.4. The number of fused-ring (bicyclic) bond motifs is 1. The highest BCUT2D eigenvalue weighted by Gasteiger charge is 2.50. The van der Waals surface area contributed by atoms with E-state index in [0.717, 1.165) is 17.7 Å². The second-order valence-electron chi connectivity index (χ2n) is 8.67. The molecule has 0 spiro atoms. The van der Waals surface area contributed by atoms with Gasteiger partial charge in [-0.05, 0) is 38.8 Å². The lowest BCUT2D eigenvalue weighted by molar-refractivity contribution is -0.513. The molecule has 1 atom stereocenters. The molecule has 2 fully saturated rings. The zero-order valence-electron chi connectivity index (χ0n) is 17.2. The van der Waals surface area contributed by atoms with Gasteiger partial charge in [0.15, 0.2) is 18.3 Å². The first-order valence-corrected chi connectivity index (χ1v) is 11.7. The number of ether oxygens (including phenoxy) is 1. The molecule has 11 heteroatoms. The number of carbonyl (C=O) groups is 2. The van der Waals surface area contributed by atoms with Gasteiger partial charge in [-0.2, -0.15) is 9.37 Å². The number of aryl methyl sites for hydroxylation is 1. The molecule has 5 rings (SSSR count). The number of allylic oxidation sites excluding steroid dienone is 1. The monoisotopic (exact) mass is 447 g/mol. The van der Waals surface area contributed by atoms with Gasteiger partial charge < -0.3 is 9.26 Å². The minimum atomic E-state index is -3.72. The van der Waals surface area contributed by atoms with Crippen molar-refractivity contribution in [1.29, 1.82) is 0 Å². The summed E-state index contributed by atoms with van der Waals surface area (Å²) in [5, 5.41) is 2.80. The summed E-state index contributed by atoms with van der Waals surface area (Å²) in [4.78, 5) is 27.5. The van der Waals surface area contributed by atoms with Gasteiger partial charge in [0, 0.05) is 11.6 Å². The number of carbonyl (C=O) groups excluding carboxylic acids is 2. The molecule has 1 aromatic heterocycles. The number of aromatic nitrogens is 1. The van der Waals surface area contributed by atoms with Gasteiger partial charge in [0.1, 0.15) is 16.5 Å². The lowest BCUT2D eigenvalue weighted by atomic mass is 9.98. The lowest BCUT2D eigenvalue weighted by Crippen LogP contribution is -2.58. The molecule has 0 radical (unpaired) electrons. The van der Waals surface area contributed by atoms with Crippen LogP contribution in [0.5, 0.6) is 0 Å². The summed E-state index contributed by atoms with van der Waals surface area (Å²) >= 11 is 0. The Labute approximate surface area is 179 Å². The van der Waals surface area contributed by atoms with Gasteiger partial charge >= 0.3 is 11.9 Å². The van der Waals surface area contributed by atoms with Crippen molar-refractivity contribution in [3.05, 3.63) is 41.3 Å². The third-order valence-corrected chi connectivity index (χ3v) is 7.73. The smallest absolute Gasteiger partial charge is 0.372 e. The van der Waals surface area contributed by atoms with Crippen molar-refractivity contribution in [2.24, 2.45) is 0 Å². The van der Waals surface area contributed by atoms with Gasteiger partial charge in [-0.25, -0.2) is 17.9 Å². The molecule has 1 aromatic rings. The number of urea groups is 1. The van der Waals surface area contributed by atoms with Crippen molar-refractivity contribution in [1.82, 2.24) is 14.8 Å². The van der Waals surface area contributed by atoms with Crippen LogP contribution >= 0.6 is 0 Å². The van der Waals surface area contributed by atoms with E-state index in [0.29, 0.717) is 30.4 Å². The van der Waals surface area contributed by atoms with Crippen molar-refractivity contribution in [3.8, 4) is 0 Å². The first-order valence-electron chi connectivity index (χ1n) is 10.1. The van der Waals surface area contributed by atoms with Crippen molar-refractivity contribution in [2.75, 3.05) is 13.2 Å². The fraction of sp³-hybridized carbons (Fsp3) is 0.500. The SMILES string of the molecule is Cc1cc(CN2C(=O)C3=CC(S(=O)(=O)NC4(C)CC4)C=CC3=[N+](C3COC3)C2=O)on1. The largest absolute Gasteiger partial charge is 0.502 e. The van der Waals surface area contributed by atoms with Gasteiger partial charge in [0.25, 0.3) is 0 Å². The minimum absolute atomic E-state index is 0.0926. The third kappa shape index (κ3) is 3.56. The van der Waals surface area contributed by atoms with Crippen LogP contribution in [0.4, 0.5) is 4.79 Å². The first kappa shape index (κ1) is 20.3. The molecule has 1 saturated heterocycles. The molecule has 3 heterocycles. The van der Waals surface area contributed by atoms with E-state index in [-0.39, 0.29) is 18.2 Å². The molecule has 1 saturated carbocycles. The maximum atomic E-state index is 13.3. The van der Waals surface area contributed by atoms with Crippen LogP contribution in [0.15, 0.2) is 34.4 Å². The van der Waals surface area contributed by atoms with E-state index in [2.05, 4.69) is 9.88 Å². The summed E-state index contributed by atoms with van der Waals surface area (Å²) < 4.78 is 40.4. The average molecular weight is 447 g/mol. The summed E-state index contributed by atoms with van der Waals surface area (Å²) in [6, 6.07) is 0.938. The van der Waals surface area contributed by atoms with Crippen LogP contribution in [0.1, 0.15) is 31.2 Å². The van der Waals surface area contributed by atoms with Crippen molar-refractivity contribution >= 4 is 27.7 Å². The van der Waals surface area contributed by atoms with Crippen LogP contribution in [-0.2, 0) is 26.1 Å². The highest BCUT2D eigenvalue weighted by atomic mass is 32.2. The molecular weight excluding hydrogens is 424 g/mol. The predicted octanol–water partition coefficient (Wildman–Crippen LogP) is 0.634. The second-order valence-corrected chi connectivity index (χ2v) is 10.5. The molecule has 2 aliphatic carbocycles. The van der Waals surface area contributed by atoms with Gasteiger partial charge in [0.2, 0.25) is 10.0 Å². The fourth-order valence-electron chi connectivity index (χ4n) is 3.84. The first-order chi connectivity index (χ1) is 14.7. The standard InChI is InChI=1S/C20H23N4O6S/c1-12-7-14(30-21-12)9-23-18(25)16-8-15(31(27,28)22-20(2)5-6-20)3-4-17(16)24(19(23)26)13-10-29-11-13/h3-4,7-8,13,15,22H,5-6,9-11H2,1-2H3/q+1. The Morgan fingerprint density at radius 2 is 2.06 bits per heavy atom. The maximum absolute atomic E-state index is 13.3. The molecule has 164 valence electrons. The van der Waals surface area contributed by atoms with Gasteiger partial charge in [-0.1, -0.05) is 11.2 Å². The Kier molecular flexibility index (Phi) is 4.54.